The third-order valence-corrected chi connectivity index (χ3v) is 4.87. The van der Waals surface area contributed by atoms with Crippen LogP contribution in [0.2, 0.25) is 5.02 Å². The van der Waals surface area contributed by atoms with Crippen LogP contribution in [-0.2, 0) is 0 Å². The lowest BCUT2D eigenvalue weighted by atomic mass is 10.3. The van der Waals surface area contributed by atoms with Gasteiger partial charge in [0.2, 0.25) is 0 Å². The molecule has 1 aromatic carbocycles. The monoisotopic (exact) mass is 348 g/mol. The SMILES string of the molecule is Cc1nn(-c2ccc(Cl)cc2)c2sc(C(=O)NCCCN)cc12. The first-order chi connectivity index (χ1) is 11.1. The van der Waals surface area contributed by atoms with Crippen molar-refractivity contribution in [1.82, 2.24) is 15.1 Å². The summed E-state index contributed by atoms with van der Waals surface area (Å²) in [5, 5.41) is 9.12. The summed E-state index contributed by atoms with van der Waals surface area (Å²) in [6.45, 7) is 3.10. The van der Waals surface area contributed by atoms with Gasteiger partial charge < -0.3 is 11.1 Å². The van der Waals surface area contributed by atoms with Crippen molar-refractivity contribution >= 4 is 39.1 Å². The number of benzene rings is 1. The van der Waals surface area contributed by atoms with E-state index in [0.29, 0.717) is 23.0 Å². The number of aromatic nitrogens is 2. The molecule has 3 aromatic rings. The number of amides is 1. The van der Waals surface area contributed by atoms with Crippen LogP contribution in [0.5, 0.6) is 0 Å². The highest BCUT2D eigenvalue weighted by Crippen LogP contribution is 2.30. The second kappa shape index (κ2) is 6.70. The molecule has 1 amide bonds. The van der Waals surface area contributed by atoms with E-state index in [2.05, 4.69) is 10.4 Å². The summed E-state index contributed by atoms with van der Waals surface area (Å²) < 4.78 is 1.85. The van der Waals surface area contributed by atoms with Crippen molar-refractivity contribution in [2.75, 3.05) is 13.1 Å². The third-order valence-electron chi connectivity index (χ3n) is 3.51. The van der Waals surface area contributed by atoms with Crippen LogP contribution in [0.1, 0.15) is 21.8 Å². The molecule has 0 saturated carbocycles. The topological polar surface area (TPSA) is 72.9 Å². The highest BCUT2D eigenvalue weighted by Gasteiger charge is 2.16. The second-order valence-corrected chi connectivity index (χ2v) is 6.67. The average molecular weight is 349 g/mol. The summed E-state index contributed by atoms with van der Waals surface area (Å²) in [6.07, 6.45) is 0.772. The molecule has 0 bridgehead atoms. The number of carbonyl (C=O) groups excluding carboxylic acids is 1. The van der Waals surface area contributed by atoms with Crippen molar-refractivity contribution in [3.05, 3.63) is 45.9 Å². The molecular weight excluding hydrogens is 332 g/mol. The lowest BCUT2D eigenvalue weighted by Gasteiger charge is -2.03. The number of fused-ring (bicyclic) bond motifs is 1. The van der Waals surface area contributed by atoms with E-state index < -0.39 is 0 Å². The van der Waals surface area contributed by atoms with E-state index in [-0.39, 0.29) is 5.91 Å². The molecule has 0 atom stereocenters. The fraction of sp³-hybridized carbons (Fsp3) is 0.250. The van der Waals surface area contributed by atoms with Crippen LogP contribution >= 0.6 is 22.9 Å². The maximum Gasteiger partial charge on any atom is 0.261 e. The lowest BCUT2D eigenvalue weighted by Crippen LogP contribution is -2.25. The van der Waals surface area contributed by atoms with Crippen LogP contribution < -0.4 is 11.1 Å². The first kappa shape index (κ1) is 16.0. The van der Waals surface area contributed by atoms with E-state index in [1.807, 2.05) is 41.9 Å². The Bertz CT molecular complexity index is 838. The number of nitrogens with one attached hydrogen (secondary N) is 1. The Balaban J connectivity index is 1.95. The Labute approximate surface area is 143 Å². The Morgan fingerprint density at radius 1 is 1.39 bits per heavy atom. The van der Waals surface area contributed by atoms with E-state index in [9.17, 15) is 4.79 Å². The first-order valence-electron chi connectivity index (χ1n) is 7.33. The van der Waals surface area contributed by atoms with Crippen LogP contribution in [-0.4, -0.2) is 28.8 Å². The smallest absolute Gasteiger partial charge is 0.261 e. The van der Waals surface area contributed by atoms with Crippen molar-refractivity contribution in [2.24, 2.45) is 5.73 Å². The number of hydrogen-bond donors (Lipinski definition) is 2. The Kier molecular flexibility index (Phi) is 4.66. The van der Waals surface area contributed by atoms with Gasteiger partial charge in [0.05, 0.1) is 16.3 Å². The van der Waals surface area contributed by atoms with E-state index >= 15 is 0 Å². The van der Waals surface area contributed by atoms with Gasteiger partial charge in [0.1, 0.15) is 4.83 Å². The molecular formula is C16H17ClN4OS. The molecule has 0 saturated heterocycles. The van der Waals surface area contributed by atoms with Crippen molar-refractivity contribution in [3.63, 3.8) is 0 Å². The molecule has 0 unspecified atom stereocenters. The van der Waals surface area contributed by atoms with E-state index in [1.54, 1.807) is 0 Å². The van der Waals surface area contributed by atoms with Gasteiger partial charge in [-0.1, -0.05) is 11.6 Å². The largest absolute Gasteiger partial charge is 0.351 e. The minimum Gasteiger partial charge on any atom is -0.351 e. The molecule has 0 aliphatic heterocycles. The number of halogens is 1. The summed E-state index contributed by atoms with van der Waals surface area (Å²) in [5.74, 6) is -0.0679. The van der Waals surface area contributed by atoms with Gasteiger partial charge in [-0.05, 0) is 50.2 Å². The number of aryl methyl sites for hydroxylation is 1. The summed E-state index contributed by atoms with van der Waals surface area (Å²) in [7, 11) is 0. The number of hydrogen-bond acceptors (Lipinski definition) is 4. The maximum atomic E-state index is 12.2. The van der Waals surface area contributed by atoms with Gasteiger partial charge in [-0.15, -0.1) is 11.3 Å². The molecule has 5 nitrogen and oxygen atoms in total. The molecule has 3 N–H and O–H groups in total. The molecule has 0 spiro atoms. The zero-order valence-electron chi connectivity index (χ0n) is 12.7. The highest BCUT2D eigenvalue weighted by atomic mass is 35.5. The van der Waals surface area contributed by atoms with Gasteiger partial charge in [-0.25, -0.2) is 4.68 Å². The number of thiophene rings is 1. The molecule has 0 radical (unpaired) electrons. The Morgan fingerprint density at radius 3 is 2.83 bits per heavy atom. The minimum atomic E-state index is -0.0679. The molecule has 120 valence electrons. The summed E-state index contributed by atoms with van der Waals surface area (Å²) in [4.78, 5) is 13.8. The fourth-order valence-electron chi connectivity index (χ4n) is 2.31. The summed E-state index contributed by atoms with van der Waals surface area (Å²) >= 11 is 7.37. The number of carbonyl (C=O) groups is 1. The number of nitrogens with two attached hydrogens (primary N) is 1. The number of rotatable bonds is 5. The van der Waals surface area contributed by atoms with Gasteiger partial charge in [-0.3, -0.25) is 4.79 Å². The predicted molar refractivity (Wildman–Crippen MR) is 94.7 cm³/mol. The van der Waals surface area contributed by atoms with Gasteiger partial charge in [0.25, 0.3) is 5.91 Å². The molecule has 0 aliphatic carbocycles. The van der Waals surface area contributed by atoms with Gasteiger partial charge in [0.15, 0.2) is 0 Å². The molecule has 7 heteroatoms. The molecule has 0 fully saturated rings. The van der Waals surface area contributed by atoms with Gasteiger partial charge in [-0.2, -0.15) is 5.10 Å². The molecule has 2 heterocycles. The van der Waals surface area contributed by atoms with Crippen LogP contribution in [0.3, 0.4) is 0 Å². The summed E-state index contributed by atoms with van der Waals surface area (Å²) in [5.41, 5.74) is 7.26. The molecule has 0 aliphatic rings. The minimum absolute atomic E-state index is 0.0679. The van der Waals surface area contributed by atoms with Crippen LogP contribution in [0.4, 0.5) is 0 Å². The molecule has 23 heavy (non-hydrogen) atoms. The first-order valence-corrected chi connectivity index (χ1v) is 8.53. The van der Waals surface area contributed by atoms with E-state index in [0.717, 1.165) is 28.0 Å². The normalized spacial score (nSPS) is 11.1. The zero-order chi connectivity index (χ0) is 16.4. The van der Waals surface area contributed by atoms with Gasteiger partial charge in [0, 0.05) is 17.0 Å². The average Bonchev–Trinajstić information content (AvgIpc) is 3.10. The molecule has 2 aromatic heterocycles. The second-order valence-electron chi connectivity index (χ2n) is 5.20. The zero-order valence-corrected chi connectivity index (χ0v) is 14.2. The maximum absolute atomic E-state index is 12.2. The predicted octanol–water partition coefficient (Wildman–Crippen LogP) is 3.13. The van der Waals surface area contributed by atoms with Crippen molar-refractivity contribution in [2.45, 2.75) is 13.3 Å². The lowest BCUT2D eigenvalue weighted by molar-refractivity contribution is 0.0957. The number of nitrogens with zero attached hydrogens (tertiary/aromatic N) is 2. The quantitative estimate of drug-likeness (QED) is 0.696. The van der Waals surface area contributed by atoms with Crippen LogP contribution in [0.15, 0.2) is 30.3 Å². The standard InChI is InChI=1S/C16H17ClN4OS/c1-10-13-9-14(15(22)19-8-2-7-18)23-16(13)21(20-10)12-5-3-11(17)4-6-12/h3-6,9H,2,7-8,18H2,1H3,(H,19,22). The Morgan fingerprint density at radius 2 is 2.13 bits per heavy atom. The highest BCUT2D eigenvalue weighted by molar-refractivity contribution is 7.20. The van der Waals surface area contributed by atoms with E-state index in [1.165, 1.54) is 11.3 Å². The third kappa shape index (κ3) is 3.24. The van der Waals surface area contributed by atoms with Crippen molar-refractivity contribution in [3.8, 4) is 5.69 Å². The Hall–Kier alpha value is -1.89. The fourth-order valence-corrected chi connectivity index (χ4v) is 3.53. The summed E-state index contributed by atoms with van der Waals surface area (Å²) in [6, 6.07) is 9.37. The van der Waals surface area contributed by atoms with E-state index in [4.69, 9.17) is 17.3 Å². The molecule has 3 rings (SSSR count). The van der Waals surface area contributed by atoms with Gasteiger partial charge >= 0.3 is 0 Å². The van der Waals surface area contributed by atoms with Crippen molar-refractivity contribution in [1.29, 1.82) is 0 Å². The van der Waals surface area contributed by atoms with Crippen molar-refractivity contribution < 1.29 is 4.79 Å². The van der Waals surface area contributed by atoms with Crippen LogP contribution in [0.25, 0.3) is 15.9 Å². The van der Waals surface area contributed by atoms with Crippen LogP contribution in [0, 0.1) is 6.92 Å².